The molecule has 0 unspecified atom stereocenters. The standard InChI is InChI=1S/C20H23N3O6/c1-5-28-19(26)17-15(13-6-8-21-9-7-13)16-14(10-20(17,4)27)22-23(11(2)24)18(16)29-12(3)25/h6-9,15,17,27H,5,10H2,1-4H3/t15-,17-,20+/m1/s1. The number of rotatable bonds is 4. The van der Waals surface area contributed by atoms with E-state index in [-0.39, 0.29) is 18.9 Å². The number of hydrogen-bond donors (Lipinski definition) is 1. The lowest BCUT2D eigenvalue weighted by molar-refractivity contribution is -0.159. The molecule has 1 aliphatic carbocycles. The highest BCUT2D eigenvalue weighted by Gasteiger charge is 2.52. The van der Waals surface area contributed by atoms with Crippen molar-refractivity contribution in [3.8, 4) is 5.88 Å². The number of carbonyl (C=O) groups is 3. The number of carbonyl (C=O) groups excluding carboxylic acids is 3. The quantitative estimate of drug-likeness (QED) is 0.765. The molecule has 154 valence electrons. The van der Waals surface area contributed by atoms with E-state index in [0.29, 0.717) is 16.8 Å². The van der Waals surface area contributed by atoms with Crippen molar-refractivity contribution in [2.75, 3.05) is 6.61 Å². The van der Waals surface area contributed by atoms with Crippen LogP contribution < -0.4 is 4.74 Å². The van der Waals surface area contributed by atoms with E-state index in [1.54, 1.807) is 31.5 Å². The maximum absolute atomic E-state index is 12.9. The zero-order valence-corrected chi connectivity index (χ0v) is 16.7. The highest BCUT2D eigenvalue weighted by molar-refractivity contribution is 5.81. The minimum atomic E-state index is -1.50. The number of hydrogen-bond acceptors (Lipinski definition) is 8. The molecule has 0 aliphatic heterocycles. The molecule has 0 saturated carbocycles. The number of ether oxygens (including phenoxy) is 2. The zero-order valence-electron chi connectivity index (χ0n) is 16.7. The van der Waals surface area contributed by atoms with Gasteiger partial charge in [-0.2, -0.15) is 9.78 Å². The summed E-state index contributed by atoms with van der Waals surface area (Å²) in [5, 5.41) is 15.4. The van der Waals surface area contributed by atoms with Gasteiger partial charge in [-0.25, -0.2) is 0 Å². The van der Waals surface area contributed by atoms with Crippen LogP contribution in [0.2, 0.25) is 0 Å². The largest absolute Gasteiger partial charge is 0.466 e. The Morgan fingerprint density at radius 2 is 1.93 bits per heavy atom. The van der Waals surface area contributed by atoms with Crippen LogP contribution in [0.15, 0.2) is 24.5 Å². The second-order valence-corrected chi connectivity index (χ2v) is 7.21. The predicted molar refractivity (Wildman–Crippen MR) is 100 cm³/mol. The van der Waals surface area contributed by atoms with Gasteiger partial charge in [-0.3, -0.25) is 19.4 Å². The highest BCUT2D eigenvalue weighted by atomic mass is 16.5. The molecule has 3 rings (SSSR count). The Hall–Kier alpha value is -3.07. The van der Waals surface area contributed by atoms with Crippen molar-refractivity contribution >= 4 is 17.8 Å². The zero-order chi connectivity index (χ0) is 21.3. The van der Waals surface area contributed by atoms with E-state index in [2.05, 4.69) is 10.1 Å². The smallest absolute Gasteiger partial charge is 0.312 e. The third-order valence-electron chi connectivity index (χ3n) is 4.94. The fourth-order valence-corrected chi connectivity index (χ4v) is 3.87. The van der Waals surface area contributed by atoms with Crippen molar-refractivity contribution in [3.63, 3.8) is 0 Å². The molecule has 2 aromatic heterocycles. The van der Waals surface area contributed by atoms with Crippen molar-refractivity contribution in [3.05, 3.63) is 41.3 Å². The molecule has 0 aromatic carbocycles. The molecule has 0 saturated heterocycles. The van der Waals surface area contributed by atoms with Gasteiger partial charge in [-0.1, -0.05) is 0 Å². The molecule has 29 heavy (non-hydrogen) atoms. The van der Waals surface area contributed by atoms with Gasteiger partial charge in [0.15, 0.2) is 0 Å². The van der Waals surface area contributed by atoms with Crippen molar-refractivity contribution in [1.82, 2.24) is 14.8 Å². The third kappa shape index (κ3) is 3.77. The van der Waals surface area contributed by atoms with Crippen LogP contribution in [-0.4, -0.2) is 49.9 Å². The van der Waals surface area contributed by atoms with E-state index in [1.807, 2.05) is 0 Å². The number of aliphatic hydroxyl groups is 1. The fraction of sp³-hybridized carbons (Fsp3) is 0.450. The lowest BCUT2D eigenvalue weighted by Gasteiger charge is -2.40. The first-order chi connectivity index (χ1) is 13.7. The lowest BCUT2D eigenvalue weighted by Crippen LogP contribution is -2.49. The number of nitrogens with zero attached hydrogens (tertiary/aromatic N) is 3. The first-order valence-corrected chi connectivity index (χ1v) is 9.27. The molecule has 1 N–H and O–H groups in total. The molecule has 0 fully saturated rings. The normalized spacial score (nSPS) is 23.2. The van der Waals surface area contributed by atoms with E-state index >= 15 is 0 Å². The monoisotopic (exact) mass is 401 g/mol. The number of aromatic nitrogens is 3. The van der Waals surface area contributed by atoms with Gasteiger partial charge in [0, 0.05) is 44.1 Å². The summed E-state index contributed by atoms with van der Waals surface area (Å²) in [6.07, 6.45) is 3.10. The van der Waals surface area contributed by atoms with Gasteiger partial charge < -0.3 is 14.6 Å². The predicted octanol–water partition coefficient (Wildman–Crippen LogP) is 1.48. The fourth-order valence-electron chi connectivity index (χ4n) is 3.87. The molecule has 2 aromatic rings. The van der Waals surface area contributed by atoms with Crippen LogP contribution in [0.5, 0.6) is 5.88 Å². The van der Waals surface area contributed by atoms with Crippen molar-refractivity contribution in [2.45, 2.75) is 45.6 Å². The van der Waals surface area contributed by atoms with Crippen LogP contribution in [-0.2, 0) is 20.7 Å². The summed E-state index contributed by atoms with van der Waals surface area (Å²) in [7, 11) is 0. The van der Waals surface area contributed by atoms with Crippen LogP contribution >= 0.6 is 0 Å². The Morgan fingerprint density at radius 1 is 1.28 bits per heavy atom. The van der Waals surface area contributed by atoms with E-state index in [0.717, 1.165) is 4.68 Å². The molecule has 9 nitrogen and oxygen atoms in total. The molecule has 9 heteroatoms. The summed E-state index contributed by atoms with van der Waals surface area (Å²) in [4.78, 5) is 40.8. The summed E-state index contributed by atoms with van der Waals surface area (Å²) < 4.78 is 11.6. The van der Waals surface area contributed by atoms with Gasteiger partial charge in [0.1, 0.15) is 0 Å². The van der Waals surface area contributed by atoms with Crippen LogP contribution in [0.25, 0.3) is 0 Å². The molecule has 0 spiro atoms. The molecule has 0 radical (unpaired) electrons. The average Bonchev–Trinajstić information content (AvgIpc) is 2.97. The van der Waals surface area contributed by atoms with Crippen molar-refractivity contribution in [2.24, 2.45) is 5.92 Å². The summed E-state index contributed by atoms with van der Waals surface area (Å²) in [5.41, 5.74) is -0.0674. The SMILES string of the molecule is CCOC(=O)[C@H]1[C@H](c2ccncc2)c2c(nn(C(C)=O)c2OC(C)=O)C[C@]1(C)O. The summed E-state index contributed by atoms with van der Waals surface area (Å²) >= 11 is 0. The van der Waals surface area contributed by atoms with Crippen LogP contribution in [0, 0.1) is 5.92 Å². The van der Waals surface area contributed by atoms with Gasteiger partial charge in [0.25, 0.3) is 0 Å². The Balaban J connectivity index is 2.31. The Bertz CT molecular complexity index is 951. The Labute approximate surface area is 167 Å². The summed E-state index contributed by atoms with van der Waals surface area (Å²) in [5.74, 6) is -3.49. The average molecular weight is 401 g/mol. The second kappa shape index (κ2) is 7.75. The molecular formula is C20H23N3O6. The van der Waals surface area contributed by atoms with E-state index < -0.39 is 35.3 Å². The maximum atomic E-state index is 12.9. The molecule has 2 heterocycles. The van der Waals surface area contributed by atoms with Crippen LogP contribution in [0.1, 0.15) is 55.2 Å². The van der Waals surface area contributed by atoms with E-state index in [4.69, 9.17) is 9.47 Å². The van der Waals surface area contributed by atoms with Gasteiger partial charge in [0.05, 0.1) is 23.8 Å². The summed E-state index contributed by atoms with van der Waals surface area (Å²) in [6.45, 7) is 5.86. The molecule has 3 atom stereocenters. The van der Waals surface area contributed by atoms with Gasteiger partial charge in [-0.15, -0.1) is 0 Å². The second-order valence-electron chi connectivity index (χ2n) is 7.21. The lowest BCUT2D eigenvalue weighted by atomic mass is 9.66. The topological polar surface area (TPSA) is 121 Å². The Morgan fingerprint density at radius 3 is 2.48 bits per heavy atom. The third-order valence-corrected chi connectivity index (χ3v) is 4.94. The molecule has 1 aliphatic rings. The van der Waals surface area contributed by atoms with Gasteiger partial charge >= 0.3 is 11.9 Å². The maximum Gasteiger partial charge on any atom is 0.312 e. The summed E-state index contributed by atoms with van der Waals surface area (Å²) in [6, 6.07) is 3.40. The van der Waals surface area contributed by atoms with Crippen molar-refractivity contribution in [1.29, 1.82) is 0 Å². The number of fused-ring (bicyclic) bond motifs is 1. The van der Waals surface area contributed by atoms with Gasteiger partial charge in [-0.05, 0) is 31.5 Å². The first-order valence-electron chi connectivity index (χ1n) is 9.27. The molecular weight excluding hydrogens is 378 g/mol. The minimum Gasteiger partial charge on any atom is -0.466 e. The minimum absolute atomic E-state index is 0.0120. The number of esters is 2. The van der Waals surface area contributed by atoms with Gasteiger partial charge in [0.2, 0.25) is 11.8 Å². The Kier molecular flexibility index (Phi) is 5.52. The first kappa shape index (κ1) is 20.7. The van der Waals surface area contributed by atoms with E-state index in [1.165, 1.54) is 20.8 Å². The van der Waals surface area contributed by atoms with E-state index in [9.17, 15) is 19.5 Å². The number of pyridine rings is 1. The van der Waals surface area contributed by atoms with Crippen LogP contribution in [0.3, 0.4) is 0 Å². The van der Waals surface area contributed by atoms with Crippen LogP contribution in [0.4, 0.5) is 0 Å². The highest BCUT2D eigenvalue weighted by Crippen LogP contribution is 2.49. The molecule has 0 amide bonds. The van der Waals surface area contributed by atoms with Crippen molar-refractivity contribution < 1.29 is 29.0 Å². The molecule has 0 bridgehead atoms.